The second kappa shape index (κ2) is 5.67. The van der Waals surface area contributed by atoms with Crippen molar-refractivity contribution >= 4 is 20.7 Å². The number of rotatable bonds is 3. The number of aromatic amines is 1. The summed E-state index contributed by atoms with van der Waals surface area (Å²) in [5, 5.41) is 36.7. The van der Waals surface area contributed by atoms with Crippen molar-refractivity contribution in [1.29, 1.82) is 0 Å². The summed E-state index contributed by atoms with van der Waals surface area (Å²) in [6.07, 6.45) is 1.05. The Bertz CT molecular complexity index is 1110. The van der Waals surface area contributed by atoms with Crippen molar-refractivity contribution in [2.24, 2.45) is 0 Å². The van der Waals surface area contributed by atoms with Crippen LogP contribution in [0.5, 0.6) is 5.75 Å². The van der Waals surface area contributed by atoms with Crippen LogP contribution in [0.3, 0.4) is 0 Å². The number of hydrogen-bond acceptors (Lipinski definition) is 7. The molecule has 1 heterocycles. The summed E-state index contributed by atoms with van der Waals surface area (Å²) in [6, 6.07) is 8.05. The standard InChI is InChI=1S/C16H13NO7S/c18-10-3-6-13-12(7-10)15(19)14(8-17-13)25(23,24)11-4-1-9(2-5-11)16(20,21)22/h1-8,18,20-22H,(H,17,19). The Balaban J connectivity index is 2.16. The fourth-order valence-electron chi connectivity index (χ4n) is 2.37. The van der Waals surface area contributed by atoms with E-state index in [2.05, 4.69) is 4.98 Å². The van der Waals surface area contributed by atoms with Gasteiger partial charge in [-0.05, 0) is 42.5 Å². The van der Waals surface area contributed by atoms with Gasteiger partial charge >= 0.3 is 5.97 Å². The van der Waals surface area contributed by atoms with Gasteiger partial charge in [-0.15, -0.1) is 0 Å². The molecular formula is C16H13NO7S. The molecule has 0 fully saturated rings. The molecule has 0 atom stereocenters. The van der Waals surface area contributed by atoms with Crippen LogP contribution in [-0.2, 0) is 15.8 Å². The summed E-state index contributed by atoms with van der Waals surface area (Å²) in [7, 11) is -4.21. The van der Waals surface area contributed by atoms with Gasteiger partial charge in [-0.25, -0.2) is 8.42 Å². The third-order valence-electron chi connectivity index (χ3n) is 3.67. The van der Waals surface area contributed by atoms with Crippen molar-refractivity contribution < 1.29 is 28.8 Å². The minimum Gasteiger partial charge on any atom is -0.508 e. The lowest BCUT2D eigenvalue weighted by Gasteiger charge is -2.14. The Morgan fingerprint density at radius 2 is 1.60 bits per heavy atom. The Morgan fingerprint density at radius 3 is 2.20 bits per heavy atom. The first-order valence-electron chi connectivity index (χ1n) is 6.98. The Hall–Kier alpha value is -2.72. The lowest BCUT2D eigenvalue weighted by atomic mass is 10.2. The molecule has 9 heteroatoms. The average molecular weight is 363 g/mol. The first-order chi connectivity index (χ1) is 11.6. The second-order valence-electron chi connectivity index (χ2n) is 5.38. The lowest BCUT2D eigenvalue weighted by molar-refractivity contribution is -0.323. The van der Waals surface area contributed by atoms with Crippen molar-refractivity contribution in [1.82, 2.24) is 4.98 Å². The number of hydrogen-bond donors (Lipinski definition) is 5. The SMILES string of the molecule is O=c1c(S(=O)(=O)c2ccc(C(O)(O)O)cc2)c[nH]c2ccc(O)cc12. The molecule has 0 aliphatic heterocycles. The molecule has 0 saturated heterocycles. The van der Waals surface area contributed by atoms with Crippen molar-refractivity contribution in [2.45, 2.75) is 15.8 Å². The van der Waals surface area contributed by atoms with Gasteiger partial charge < -0.3 is 25.4 Å². The topological polar surface area (TPSA) is 148 Å². The van der Waals surface area contributed by atoms with E-state index in [-0.39, 0.29) is 21.6 Å². The van der Waals surface area contributed by atoms with E-state index in [4.69, 9.17) is 15.3 Å². The van der Waals surface area contributed by atoms with Gasteiger partial charge in [0.15, 0.2) is 0 Å². The van der Waals surface area contributed by atoms with Crippen LogP contribution < -0.4 is 5.43 Å². The molecule has 0 amide bonds. The third kappa shape index (κ3) is 3.01. The number of H-pyrrole nitrogens is 1. The van der Waals surface area contributed by atoms with Gasteiger partial charge in [0.2, 0.25) is 15.3 Å². The molecule has 0 saturated carbocycles. The molecule has 130 valence electrons. The van der Waals surface area contributed by atoms with Crippen LogP contribution in [0, 0.1) is 0 Å². The fourth-order valence-corrected chi connectivity index (χ4v) is 3.69. The molecule has 0 bridgehead atoms. The summed E-state index contributed by atoms with van der Waals surface area (Å²) in [6.45, 7) is 0. The van der Waals surface area contributed by atoms with E-state index in [0.717, 1.165) is 36.5 Å². The summed E-state index contributed by atoms with van der Waals surface area (Å²) in [5.74, 6) is -3.28. The van der Waals surface area contributed by atoms with Gasteiger partial charge in [0.25, 0.3) is 0 Å². The van der Waals surface area contributed by atoms with E-state index in [9.17, 15) is 18.3 Å². The first kappa shape index (κ1) is 17.1. The zero-order valence-corrected chi connectivity index (χ0v) is 13.4. The molecule has 0 aliphatic rings. The van der Waals surface area contributed by atoms with Crippen molar-refractivity contribution in [3.8, 4) is 5.75 Å². The Labute approximate surface area is 141 Å². The molecule has 0 unspecified atom stereocenters. The normalized spacial score (nSPS) is 12.4. The van der Waals surface area contributed by atoms with Crippen molar-refractivity contribution in [3.05, 3.63) is 64.4 Å². The number of phenolic OH excluding ortho intramolecular Hbond substituents is 1. The maximum absolute atomic E-state index is 12.7. The molecule has 2 aromatic carbocycles. The zero-order chi connectivity index (χ0) is 18.4. The van der Waals surface area contributed by atoms with Gasteiger partial charge in [0.1, 0.15) is 10.6 Å². The monoisotopic (exact) mass is 363 g/mol. The van der Waals surface area contributed by atoms with Crippen molar-refractivity contribution in [2.75, 3.05) is 0 Å². The number of aromatic nitrogens is 1. The number of sulfone groups is 1. The van der Waals surface area contributed by atoms with E-state index in [1.165, 1.54) is 12.1 Å². The quantitative estimate of drug-likeness (QED) is 0.416. The van der Waals surface area contributed by atoms with Gasteiger partial charge in [-0.2, -0.15) is 0 Å². The van der Waals surface area contributed by atoms with E-state index < -0.39 is 26.1 Å². The predicted molar refractivity (Wildman–Crippen MR) is 86.5 cm³/mol. The summed E-state index contributed by atoms with van der Waals surface area (Å²) in [4.78, 5) is 14.4. The minimum absolute atomic E-state index is 0.0118. The highest BCUT2D eigenvalue weighted by molar-refractivity contribution is 7.91. The Morgan fingerprint density at radius 1 is 0.960 bits per heavy atom. The van der Waals surface area contributed by atoms with E-state index in [1.807, 2.05) is 0 Å². The van der Waals surface area contributed by atoms with Gasteiger partial charge in [0.05, 0.1) is 10.3 Å². The number of nitrogens with one attached hydrogen (secondary N) is 1. The van der Waals surface area contributed by atoms with Crippen LogP contribution in [0.1, 0.15) is 5.56 Å². The van der Waals surface area contributed by atoms with E-state index in [1.54, 1.807) is 0 Å². The summed E-state index contributed by atoms with van der Waals surface area (Å²) >= 11 is 0. The second-order valence-corrected chi connectivity index (χ2v) is 7.29. The zero-order valence-electron chi connectivity index (χ0n) is 12.5. The van der Waals surface area contributed by atoms with Crippen LogP contribution in [-0.4, -0.2) is 33.8 Å². The molecule has 0 spiro atoms. The Kier molecular flexibility index (Phi) is 3.88. The highest BCUT2D eigenvalue weighted by Crippen LogP contribution is 2.23. The van der Waals surface area contributed by atoms with Gasteiger partial charge in [-0.3, -0.25) is 4.79 Å². The van der Waals surface area contributed by atoms with Crippen LogP contribution in [0.25, 0.3) is 10.9 Å². The smallest absolute Gasteiger partial charge is 0.304 e. The fraction of sp³-hybridized carbons (Fsp3) is 0.0625. The number of phenols is 1. The number of pyridine rings is 1. The van der Waals surface area contributed by atoms with Crippen LogP contribution in [0.4, 0.5) is 0 Å². The summed E-state index contributed by atoms with van der Waals surface area (Å²) < 4.78 is 25.3. The maximum atomic E-state index is 12.7. The number of aliphatic hydroxyl groups is 3. The van der Waals surface area contributed by atoms with Crippen LogP contribution in [0.2, 0.25) is 0 Å². The largest absolute Gasteiger partial charge is 0.508 e. The highest BCUT2D eigenvalue weighted by Gasteiger charge is 2.25. The molecule has 3 rings (SSSR count). The van der Waals surface area contributed by atoms with Crippen LogP contribution in [0.15, 0.2) is 63.2 Å². The summed E-state index contributed by atoms with van der Waals surface area (Å²) in [5.41, 5.74) is -0.749. The molecule has 0 radical (unpaired) electrons. The lowest BCUT2D eigenvalue weighted by Crippen LogP contribution is -2.23. The molecule has 1 aromatic heterocycles. The molecule has 0 aliphatic carbocycles. The molecular weight excluding hydrogens is 350 g/mol. The number of aromatic hydroxyl groups is 1. The van der Waals surface area contributed by atoms with Crippen molar-refractivity contribution in [3.63, 3.8) is 0 Å². The third-order valence-corrected chi connectivity index (χ3v) is 5.45. The first-order valence-corrected chi connectivity index (χ1v) is 8.46. The van der Waals surface area contributed by atoms with Gasteiger partial charge in [0, 0.05) is 17.3 Å². The molecule has 8 nitrogen and oxygen atoms in total. The van der Waals surface area contributed by atoms with E-state index >= 15 is 0 Å². The van der Waals surface area contributed by atoms with Crippen LogP contribution >= 0.6 is 0 Å². The maximum Gasteiger partial charge on any atom is 0.304 e. The number of fused-ring (bicyclic) bond motifs is 1. The predicted octanol–water partition coefficient (Wildman–Crippen LogP) is 0.154. The minimum atomic E-state index is -4.21. The average Bonchev–Trinajstić information content (AvgIpc) is 2.55. The molecule has 25 heavy (non-hydrogen) atoms. The highest BCUT2D eigenvalue weighted by atomic mass is 32.2. The van der Waals surface area contributed by atoms with E-state index in [0.29, 0.717) is 5.52 Å². The molecule has 3 aromatic rings. The number of benzene rings is 2. The van der Waals surface area contributed by atoms with Gasteiger partial charge in [-0.1, -0.05) is 0 Å². The molecule has 5 N–H and O–H groups in total.